The van der Waals surface area contributed by atoms with Crippen LogP contribution in [0.3, 0.4) is 0 Å². The molecule has 0 N–H and O–H groups in total. The molecule has 0 spiro atoms. The molecule has 2 aromatic carbocycles. The van der Waals surface area contributed by atoms with E-state index in [0.717, 1.165) is 43.2 Å². The number of ether oxygens (including phenoxy) is 1. The summed E-state index contributed by atoms with van der Waals surface area (Å²) in [6, 6.07) is 22.1. The average molecular weight is 2380 g/mol. The number of rotatable bonds is 2. The third-order valence-corrected chi connectivity index (χ3v) is 123. The zero-order valence-corrected chi connectivity index (χ0v) is 95.0. The monoisotopic (exact) mass is 2370 g/mol. The molecule has 97 heavy (non-hydrogen) atoms. The molecule has 0 bridgehead atoms. The normalized spacial score (nSPS) is 14.8. The van der Waals surface area contributed by atoms with Gasteiger partial charge >= 0.3 is 0 Å². The first kappa shape index (κ1) is 94.6. The standard InChI is InChI=1S/C41H46Br2N2O.S51/c1-35(2)23-19-27-29(21-25(23)37(5,6)39(35,9)10)46-30-22-26-24(36(3,4)40(11,12)38(26,7)8)20-28(30)41(27,31-15-13-17-33(42)44-31)32-16-14-18-34(43)45-32;1-3-5-7-9-11-13-15-17-19-21-23-25-27-29-31-33-35-37-39-41-43-45-47-49-51-50-48-46-44-42-40-38-36-34-32-30-28-26-24-22-20-18-16-14-12-10-8-6-4-2/h13-22H,1-12H3;. The van der Waals surface area contributed by atoms with Crippen LogP contribution in [-0.2, 0) is 485 Å². The summed E-state index contributed by atoms with van der Waals surface area (Å²) in [5.74, 6) is 1.76. The Balaban J connectivity index is 0.000000307. The highest BCUT2D eigenvalue weighted by Crippen LogP contribution is 2.67. The van der Waals surface area contributed by atoms with Crippen LogP contribution >= 0.6 is 31.9 Å². The molecule has 3 heterocycles. The Labute approximate surface area is 734 Å². The second kappa shape index (κ2) is 50.9. The van der Waals surface area contributed by atoms with Crippen molar-refractivity contribution in [3.8, 4) is 11.5 Å². The van der Waals surface area contributed by atoms with Crippen molar-refractivity contribution in [1.29, 1.82) is 0 Å². The van der Waals surface area contributed by atoms with Gasteiger partial charge in [-0.05, 0) is 135 Å². The van der Waals surface area contributed by atoms with Gasteiger partial charge in [0.05, 0.1) is 11.4 Å². The van der Waals surface area contributed by atoms with E-state index >= 15 is 0 Å². The zero-order valence-electron chi connectivity index (χ0n) is 50.2. The minimum Gasteiger partial charge on any atom is -0.457 e. The molecule has 0 atom stereocenters. The van der Waals surface area contributed by atoms with Gasteiger partial charge in [0.1, 0.15) is 26.1 Å². The molecule has 56 heteroatoms. The van der Waals surface area contributed by atoms with E-state index in [9.17, 15) is 0 Å². The highest BCUT2D eigenvalue weighted by molar-refractivity contribution is 9.10. The second-order valence-electron chi connectivity index (χ2n) is 20.4. The number of halogens is 2. The minimum absolute atomic E-state index is 0.00461. The number of hydrogen-bond donors (Lipinski definition) is 0. The maximum atomic E-state index is 7.17. The predicted octanol–water partition coefficient (Wildman–Crippen LogP) is 11.6. The first-order valence-corrected chi connectivity index (χ1v) is 93.1. The molecule has 546 valence electrons. The molecule has 2 aromatic heterocycles. The summed E-state index contributed by atoms with van der Waals surface area (Å²) in [4.78, 5) is 10.5. The first-order chi connectivity index (χ1) is 46.6. The number of fused-ring (bicyclic) bond motifs is 4. The van der Waals surface area contributed by atoms with Gasteiger partial charge in [-0.25, -0.2) is 9.97 Å². The molecule has 7 rings (SSSR count). The van der Waals surface area contributed by atoms with Gasteiger partial charge in [-0.15, -0.1) is 0 Å². The van der Waals surface area contributed by atoms with Crippen LogP contribution in [0.1, 0.15) is 128 Å². The van der Waals surface area contributed by atoms with Crippen molar-refractivity contribution in [2.75, 3.05) is 0 Å². The third kappa shape index (κ3) is 28.6. The molecule has 3 aliphatic rings. The maximum absolute atomic E-state index is 7.17. The lowest BCUT2D eigenvalue weighted by molar-refractivity contribution is 0.125. The SMILES string of the molecule is CC1(C)c2cc3c(cc2C(C)(C)C1(C)C)C(c1cccc(Br)n1)(c1cccc(Br)n1)c1cc2c(cc1O3)C(C)(C)C(C)(C)C2(C)C.S=S=S=S=S=S=S=S=S=S=S=S=S=S=S=S=S=S=S=S=S=S=S=S=S=S=S=S=S=S=S=S=S=S=S=S=S=S=S=S=S=S=S=S=S=S=S=S=S=S=S. The zero-order chi connectivity index (χ0) is 70.3. The summed E-state index contributed by atoms with van der Waals surface area (Å²) in [6.45, 7) is 28.8. The number of nitrogens with zero attached hydrogens (tertiary/aromatic N) is 2. The van der Waals surface area contributed by atoms with Crippen LogP contribution in [0.2, 0.25) is 0 Å². The largest absolute Gasteiger partial charge is 0.457 e. The Hall–Kier alpha value is 8.72. The molecular formula is C41H46Br2N2OS51. The van der Waals surface area contributed by atoms with Crippen molar-refractivity contribution in [3.05, 3.63) is 115 Å². The van der Waals surface area contributed by atoms with E-state index in [1.165, 1.54) is 40.0 Å². The van der Waals surface area contributed by atoms with Crippen LogP contribution in [0.4, 0.5) is 0 Å². The van der Waals surface area contributed by atoms with Gasteiger partial charge in [-0.1, -0.05) is 95.2 Å². The second-order valence-corrected chi connectivity index (χ2v) is 109. The molecule has 1 aliphatic heterocycles. The Kier molecular flexibility index (Phi) is 49.7. The molecular weight excluding hydrogens is 2330 g/mol. The van der Waals surface area contributed by atoms with Crippen molar-refractivity contribution in [3.63, 3.8) is 0 Å². The molecule has 0 saturated heterocycles. The van der Waals surface area contributed by atoms with Crippen LogP contribution in [0.25, 0.3) is 0 Å². The molecule has 3 nitrogen and oxygen atoms in total. The molecule has 0 saturated carbocycles. The lowest BCUT2D eigenvalue weighted by atomic mass is 9.59. The van der Waals surface area contributed by atoms with E-state index in [1.54, 1.807) is 107 Å². The Morgan fingerprint density at radius 2 is 0.454 bits per heavy atom. The van der Waals surface area contributed by atoms with Crippen molar-refractivity contribution in [2.45, 2.75) is 110 Å². The molecule has 0 unspecified atom stereocenters. The van der Waals surface area contributed by atoms with E-state index in [2.05, 4.69) is 163 Å². The first-order valence-electron chi connectivity index (χ1n) is 24.8. The van der Waals surface area contributed by atoms with Gasteiger partial charge < -0.3 is 4.74 Å². The average Bonchev–Trinajstić information content (AvgIpc) is 1.63. The van der Waals surface area contributed by atoms with Gasteiger partial charge in [0.25, 0.3) is 0 Å². The summed E-state index contributed by atoms with van der Waals surface area (Å²) >= 11 is 17.1. The fraction of sp³-hybridized carbons (Fsp3) is 0.463. The van der Waals surface area contributed by atoms with Crippen LogP contribution in [-0.4, -0.2) is 9.97 Å². The number of hydrogen-bond acceptors (Lipinski definition) is 5. The van der Waals surface area contributed by atoms with E-state index in [-0.39, 0.29) is 32.5 Å². The van der Waals surface area contributed by atoms with Crippen molar-refractivity contribution in [1.82, 2.24) is 9.97 Å². The van der Waals surface area contributed by atoms with E-state index in [1.807, 2.05) is 323 Å². The highest BCUT2D eigenvalue weighted by Gasteiger charge is 2.61. The lowest BCUT2D eigenvalue weighted by Crippen LogP contribution is -2.42. The van der Waals surface area contributed by atoms with Crippen molar-refractivity contribution < 1.29 is 4.74 Å². The van der Waals surface area contributed by atoms with Crippen LogP contribution in [0, 0.1) is 10.8 Å². The summed E-state index contributed by atoms with van der Waals surface area (Å²) in [5.41, 5.74) is 8.32. The Morgan fingerprint density at radius 3 is 0.639 bits per heavy atom. The Morgan fingerprint density at radius 1 is 0.268 bits per heavy atom. The quantitative estimate of drug-likeness (QED) is 0.165. The molecule has 4 aromatic rings. The number of pyridine rings is 2. The summed E-state index contributed by atoms with van der Waals surface area (Å²) < 4.78 is 8.75. The fourth-order valence-electron chi connectivity index (χ4n) is 9.61. The number of benzene rings is 2. The number of aromatic nitrogens is 2. The van der Waals surface area contributed by atoms with Gasteiger partial charge in [0.2, 0.25) is 0 Å². The van der Waals surface area contributed by atoms with Gasteiger partial charge in [-0.2, -0.15) is 0 Å². The molecule has 0 radical (unpaired) electrons. The van der Waals surface area contributed by atoms with Crippen LogP contribution < -0.4 is 4.74 Å². The molecule has 0 amide bonds. The lowest BCUT2D eigenvalue weighted by Gasteiger charge is -2.44. The smallest absolute Gasteiger partial charge is 0.132 e. The van der Waals surface area contributed by atoms with Crippen LogP contribution in [0.15, 0.2) is 69.9 Å². The Bertz CT molecular complexity index is 5930. The third-order valence-electron chi connectivity index (χ3n) is 15.7. The fourth-order valence-corrected chi connectivity index (χ4v) is 139. The van der Waals surface area contributed by atoms with E-state index in [4.69, 9.17) is 37.1 Å². The summed E-state index contributed by atoms with van der Waals surface area (Å²) in [6.07, 6.45) is 0. The van der Waals surface area contributed by atoms with Gasteiger partial charge in [0, 0.05) is 469 Å². The maximum Gasteiger partial charge on any atom is 0.132 e. The van der Waals surface area contributed by atoms with E-state index < -0.39 is 5.41 Å². The highest BCUT2D eigenvalue weighted by atomic mass is 79.9. The van der Waals surface area contributed by atoms with Crippen LogP contribution in [0.5, 0.6) is 11.5 Å². The molecule has 2 aliphatic carbocycles. The van der Waals surface area contributed by atoms with E-state index in [0.29, 0.717) is 0 Å². The minimum atomic E-state index is -0.833. The van der Waals surface area contributed by atoms with Crippen molar-refractivity contribution >= 4 is 489 Å². The van der Waals surface area contributed by atoms with Gasteiger partial charge in [0.15, 0.2) is 0 Å². The van der Waals surface area contributed by atoms with Gasteiger partial charge in [-0.3, -0.25) is 0 Å². The predicted molar refractivity (Wildman–Crippen MR) is 571 cm³/mol. The summed E-state index contributed by atoms with van der Waals surface area (Å²) in [5, 5.41) is 0. The van der Waals surface area contributed by atoms with Crippen molar-refractivity contribution in [2.24, 2.45) is 10.8 Å². The topological polar surface area (TPSA) is 35.0 Å². The summed E-state index contributed by atoms with van der Waals surface area (Å²) in [7, 11) is 87.5. The molecule has 0 fully saturated rings.